The summed E-state index contributed by atoms with van der Waals surface area (Å²) in [6.07, 6.45) is 0.723. The average Bonchev–Trinajstić information content (AvgIpc) is 2.41. The maximum atomic E-state index is 12.8. The van der Waals surface area contributed by atoms with Gasteiger partial charge in [-0.25, -0.2) is 9.18 Å². The third-order valence-electron chi connectivity index (χ3n) is 2.58. The molecule has 1 aromatic carbocycles. The fraction of sp³-hybridized carbons (Fsp3) is 0.462. The Morgan fingerprint density at radius 1 is 1.37 bits per heavy atom. The van der Waals surface area contributed by atoms with E-state index in [1.807, 2.05) is 0 Å². The van der Waals surface area contributed by atoms with Crippen LogP contribution in [-0.4, -0.2) is 44.3 Å². The van der Waals surface area contributed by atoms with E-state index in [9.17, 15) is 9.18 Å². The lowest BCUT2D eigenvalue weighted by Crippen LogP contribution is -2.38. The smallest absolute Gasteiger partial charge is 0.321 e. The van der Waals surface area contributed by atoms with Crippen LogP contribution in [0.1, 0.15) is 6.42 Å². The van der Waals surface area contributed by atoms with Crippen molar-refractivity contribution in [3.05, 3.63) is 30.1 Å². The van der Waals surface area contributed by atoms with Crippen molar-refractivity contribution in [3.63, 3.8) is 0 Å². The number of amides is 2. The molecule has 0 spiro atoms. The summed E-state index contributed by atoms with van der Waals surface area (Å²) < 4.78 is 17.7. The summed E-state index contributed by atoms with van der Waals surface area (Å²) in [4.78, 5) is 13.7. The number of hydrogen-bond donors (Lipinski definition) is 2. The highest BCUT2D eigenvalue weighted by Crippen LogP contribution is 2.09. The quantitative estimate of drug-likeness (QED) is 0.791. The molecule has 2 amide bonds. The monoisotopic (exact) mass is 269 g/mol. The van der Waals surface area contributed by atoms with Crippen LogP contribution in [0.3, 0.4) is 0 Å². The zero-order valence-electron chi connectivity index (χ0n) is 11.1. The molecule has 0 unspecified atom stereocenters. The Balaban J connectivity index is 2.56. The van der Waals surface area contributed by atoms with E-state index in [1.165, 1.54) is 24.3 Å². The average molecular weight is 269 g/mol. The minimum Gasteiger partial charge on any atom is -0.383 e. The standard InChI is InChI=1S/C13H20FN3O2/c1-19-10-9-17(8-2-7-15)13(18)16-12-5-3-11(14)4-6-12/h3-6H,2,7-10,15H2,1H3,(H,16,18). The highest BCUT2D eigenvalue weighted by atomic mass is 19.1. The molecule has 0 aliphatic carbocycles. The lowest BCUT2D eigenvalue weighted by Gasteiger charge is -2.22. The van der Waals surface area contributed by atoms with Gasteiger partial charge in [-0.05, 0) is 37.2 Å². The van der Waals surface area contributed by atoms with Gasteiger partial charge in [0.1, 0.15) is 5.82 Å². The number of carbonyl (C=O) groups excluding carboxylic acids is 1. The van der Waals surface area contributed by atoms with E-state index in [2.05, 4.69) is 5.32 Å². The fourth-order valence-corrected chi connectivity index (χ4v) is 1.53. The number of rotatable bonds is 7. The number of benzene rings is 1. The largest absolute Gasteiger partial charge is 0.383 e. The van der Waals surface area contributed by atoms with Gasteiger partial charge in [0.05, 0.1) is 6.61 Å². The lowest BCUT2D eigenvalue weighted by molar-refractivity contribution is 0.155. The highest BCUT2D eigenvalue weighted by molar-refractivity contribution is 5.89. The molecule has 5 nitrogen and oxygen atoms in total. The van der Waals surface area contributed by atoms with Crippen molar-refractivity contribution < 1.29 is 13.9 Å². The molecule has 3 N–H and O–H groups in total. The van der Waals surface area contributed by atoms with E-state index >= 15 is 0 Å². The number of halogens is 1. The molecule has 6 heteroatoms. The molecule has 0 aliphatic rings. The molecule has 0 fully saturated rings. The topological polar surface area (TPSA) is 67.6 Å². The number of nitrogens with two attached hydrogens (primary N) is 1. The van der Waals surface area contributed by atoms with Gasteiger partial charge < -0.3 is 20.7 Å². The number of anilines is 1. The first kappa shape index (κ1) is 15.4. The zero-order chi connectivity index (χ0) is 14.1. The summed E-state index contributed by atoms with van der Waals surface area (Å²) in [5, 5.41) is 2.71. The first-order valence-electron chi connectivity index (χ1n) is 6.18. The van der Waals surface area contributed by atoms with E-state index in [0.717, 1.165) is 6.42 Å². The molecule has 0 radical (unpaired) electrons. The third-order valence-corrected chi connectivity index (χ3v) is 2.58. The summed E-state index contributed by atoms with van der Waals surface area (Å²) in [5.41, 5.74) is 6.00. The van der Waals surface area contributed by atoms with Crippen molar-refractivity contribution in [2.24, 2.45) is 5.73 Å². The summed E-state index contributed by atoms with van der Waals surface area (Å²) in [5.74, 6) is -0.336. The van der Waals surface area contributed by atoms with Crippen molar-refractivity contribution in [2.45, 2.75) is 6.42 Å². The van der Waals surface area contributed by atoms with Gasteiger partial charge in [0.2, 0.25) is 0 Å². The molecular weight excluding hydrogens is 249 g/mol. The number of carbonyl (C=O) groups is 1. The number of urea groups is 1. The van der Waals surface area contributed by atoms with Gasteiger partial charge in [-0.2, -0.15) is 0 Å². The predicted molar refractivity (Wildman–Crippen MR) is 72.5 cm³/mol. The molecule has 106 valence electrons. The van der Waals surface area contributed by atoms with E-state index < -0.39 is 0 Å². The van der Waals surface area contributed by atoms with Gasteiger partial charge in [-0.3, -0.25) is 0 Å². The Bertz CT molecular complexity index is 376. The Hall–Kier alpha value is -1.66. The predicted octanol–water partition coefficient (Wildman–Crippen LogP) is 1.65. The molecule has 0 heterocycles. The van der Waals surface area contributed by atoms with Gasteiger partial charge in [-0.15, -0.1) is 0 Å². The van der Waals surface area contributed by atoms with Crippen LogP contribution in [0.25, 0.3) is 0 Å². The van der Waals surface area contributed by atoms with E-state index in [0.29, 0.717) is 31.9 Å². The maximum absolute atomic E-state index is 12.8. The number of hydrogen-bond acceptors (Lipinski definition) is 3. The zero-order valence-corrected chi connectivity index (χ0v) is 11.1. The van der Waals surface area contributed by atoms with E-state index in [1.54, 1.807) is 12.0 Å². The van der Waals surface area contributed by atoms with Crippen molar-refractivity contribution in [1.82, 2.24) is 4.90 Å². The second-order valence-electron chi connectivity index (χ2n) is 4.06. The first-order chi connectivity index (χ1) is 9.17. The molecular formula is C13H20FN3O2. The molecule has 0 aromatic heterocycles. The van der Waals surface area contributed by atoms with E-state index in [-0.39, 0.29) is 11.8 Å². The van der Waals surface area contributed by atoms with Gasteiger partial charge in [0.15, 0.2) is 0 Å². The maximum Gasteiger partial charge on any atom is 0.321 e. The number of ether oxygens (including phenoxy) is 1. The van der Waals surface area contributed by atoms with Crippen molar-refractivity contribution in [2.75, 3.05) is 38.7 Å². The first-order valence-corrected chi connectivity index (χ1v) is 6.18. The van der Waals surface area contributed by atoms with Gasteiger partial charge in [-0.1, -0.05) is 0 Å². The normalized spacial score (nSPS) is 10.3. The van der Waals surface area contributed by atoms with E-state index in [4.69, 9.17) is 10.5 Å². The van der Waals surface area contributed by atoms with Crippen LogP contribution in [-0.2, 0) is 4.74 Å². The van der Waals surface area contributed by atoms with Crippen LogP contribution < -0.4 is 11.1 Å². The van der Waals surface area contributed by atoms with Crippen molar-refractivity contribution in [1.29, 1.82) is 0 Å². The van der Waals surface area contributed by atoms with Gasteiger partial charge in [0, 0.05) is 25.9 Å². The second-order valence-corrected chi connectivity index (χ2v) is 4.06. The molecule has 0 saturated heterocycles. The molecule has 0 atom stereocenters. The third kappa shape index (κ3) is 5.67. The van der Waals surface area contributed by atoms with Crippen molar-refractivity contribution in [3.8, 4) is 0 Å². The van der Waals surface area contributed by atoms with Crippen LogP contribution in [0, 0.1) is 5.82 Å². The summed E-state index contributed by atoms with van der Waals surface area (Å²) in [6, 6.07) is 5.40. The number of nitrogens with one attached hydrogen (secondary N) is 1. The van der Waals surface area contributed by atoms with Crippen LogP contribution in [0.4, 0.5) is 14.9 Å². The van der Waals surface area contributed by atoms with Gasteiger partial charge in [0.25, 0.3) is 0 Å². The minimum absolute atomic E-state index is 0.239. The minimum atomic E-state index is -0.336. The lowest BCUT2D eigenvalue weighted by atomic mass is 10.3. The second kappa shape index (κ2) is 8.44. The number of nitrogens with zero attached hydrogens (tertiary/aromatic N) is 1. The number of methoxy groups -OCH3 is 1. The molecule has 0 aliphatic heterocycles. The molecule has 19 heavy (non-hydrogen) atoms. The Morgan fingerprint density at radius 3 is 2.63 bits per heavy atom. The van der Waals surface area contributed by atoms with Crippen molar-refractivity contribution >= 4 is 11.7 Å². The van der Waals surface area contributed by atoms with Crippen LogP contribution in [0.5, 0.6) is 0 Å². The van der Waals surface area contributed by atoms with Crippen LogP contribution in [0.2, 0.25) is 0 Å². The molecule has 1 aromatic rings. The summed E-state index contributed by atoms with van der Waals surface area (Å²) >= 11 is 0. The Labute approximate surface area is 112 Å². The van der Waals surface area contributed by atoms with Crippen LogP contribution >= 0.6 is 0 Å². The highest BCUT2D eigenvalue weighted by Gasteiger charge is 2.12. The Kier molecular flexibility index (Phi) is 6.84. The SMILES string of the molecule is COCCN(CCCN)C(=O)Nc1ccc(F)cc1. The molecule has 1 rings (SSSR count). The molecule has 0 saturated carbocycles. The van der Waals surface area contributed by atoms with Crippen LogP contribution in [0.15, 0.2) is 24.3 Å². The van der Waals surface area contributed by atoms with Gasteiger partial charge >= 0.3 is 6.03 Å². The summed E-state index contributed by atoms with van der Waals surface area (Å²) in [6.45, 7) is 2.03. The molecule has 0 bridgehead atoms. The Morgan fingerprint density at radius 2 is 2.05 bits per heavy atom. The summed E-state index contributed by atoms with van der Waals surface area (Å²) in [7, 11) is 1.58. The fourth-order valence-electron chi connectivity index (χ4n) is 1.53.